The van der Waals surface area contributed by atoms with Crippen molar-refractivity contribution in [3.8, 4) is 5.75 Å². The summed E-state index contributed by atoms with van der Waals surface area (Å²) in [5, 5.41) is 5.13. The fourth-order valence-corrected chi connectivity index (χ4v) is 4.17. The molecular formula is C27H21ClN4O3. The van der Waals surface area contributed by atoms with E-state index >= 15 is 0 Å². The number of aryl methyl sites for hydroxylation is 1. The van der Waals surface area contributed by atoms with Gasteiger partial charge in [-0.3, -0.25) is 4.79 Å². The first kappa shape index (κ1) is 22.7. The predicted molar refractivity (Wildman–Crippen MR) is 135 cm³/mol. The maximum atomic E-state index is 11.5. The Morgan fingerprint density at radius 2 is 1.83 bits per heavy atom. The molecule has 0 saturated heterocycles. The maximum Gasteiger partial charge on any atom is 0.286 e. The van der Waals surface area contributed by atoms with Crippen LogP contribution in [0.3, 0.4) is 0 Å². The molecule has 1 amide bonds. The summed E-state index contributed by atoms with van der Waals surface area (Å²) in [6, 6.07) is 23.4. The number of aromatic nitrogens is 3. The van der Waals surface area contributed by atoms with Crippen LogP contribution >= 0.6 is 11.6 Å². The number of para-hydroxylation sites is 1. The molecule has 0 aliphatic rings. The molecule has 0 aliphatic carbocycles. The van der Waals surface area contributed by atoms with E-state index in [9.17, 15) is 9.70 Å². The molecule has 0 saturated carbocycles. The number of fused-ring (bicyclic) bond motifs is 2. The van der Waals surface area contributed by atoms with Crippen LogP contribution in [0.5, 0.6) is 5.75 Å². The minimum Gasteiger partial charge on any atom is -0.486 e. The zero-order chi connectivity index (χ0) is 24.2. The number of hydrogen-bond donors (Lipinski definition) is 0. The standard InChI is InChI=1S/C27H21ClN4O3/c28-21-8-5-18(6-9-21)16-32-23(11-12-26(33)31-34)13-20-14-24(15-29-27(20)32)35-17-22-10-7-19-3-1-2-4-25(19)30-22/h1-10,13-15H,11-12,16-17H2. The van der Waals surface area contributed by atoms with Crippen LogP contribution in [0.4, 0.5) is 0 Å². The van der Waals surface area contributed by atoms with Gasteiger partial charge in [-0.25, -0.2) is 9.97 Å². The molecule has 5 rings (SSSR count). The lowest BCUT2D eigenvalue weighted by Gasteiger charge is -2.11. The topological polar surface area (TPSA) is 86.4 Å². The van der Waals surface area contributed by atoms with Crippen LogP contribution in [-0.4, -0.2) is 20.4 Å². The largest absolute Gasteiger partial charge is 0.486 e. The lowest BCUT2D eigenvalue weighted by molar-refractivity contribution is -0.117. The zero-order valence-corrected chi connectivity index (χ0v) is 19.5. The smallest absolute Gasteiger partial charge is 0.286 e. The molecule has 8 heteroatoms. The molecule has 0 spiro atoms. The van der Waals surface area contributed by atoms with Crippen molar-refractivity contribution in [2.45, 2.75) is 26.0 Å². The van der Waals surface area contributed by atoms with Gasteiger partial charge >= 0.3 is 0 Å². The SMILES string of the molecule is O=NC(=O)CCc1cc2cc(OCc3ccc4ccccc4n3)cnc2n1Cc1ccc(Cl)cc1. The monoisotopic (exact) mass is 484 g/mol. The van der Waals surface area contributed by atoms with Crippen LogP contribution < -0.4 is 4.74 Å². The van der Waals surface area contributed by atoms with E-state index in [0.717, 1.165) is 38.9 Å². The van der Waals surface area contributed by atoms with Gasteiger partial charge in [0, 0.05) is 39.6 Å². The number of ether oxygens (including phenoxy) is 1. The van der Waals surface area contributed by atoms with Crippen LogP contribution in [-0.2, 0) is 24.4 Å². The summed E-state index contributed by atoms with van der Waals surface area (Å²) < 4.78 is 8.02. The van der Waals surface area contributed by atoms with E-state index in [1.165, 1.54) is 0 Å². The van der Waals surface area contributed by atoms with Crippen molar-refractivity contribution in [3.05, 3.63) is 106 Å². The lowest BCUT2D eigenvalue weighted by Crippen LogP contribution is -2.07. The number of nitroso groups, excluding NO2 is 1. The number of halogens is 1. The van der Waals surface area contributed by atoms with Crippen molar-refractivity contribution in [1.29, 1.82) is 0 Å². The van der Waals surface area contributed by atoms with Gasteiger partial charge in [-0.2, -0.15) is 0 Å². The molecule has 0 fully saturated rings. The number of carbonyl (C=O) groups is 1. The third-order valence-corrected chi connectivity index (χ3v) is 6.04. The molecule has 0 atom stereocenters. The Bertz CT molecular complexity index is 1530. The average Bonchev–Trinajstić information content (AvgIpc) is 3.23. The molecule has 0 N–H and O–H groups in total. The summed E-state index contributed by atoms with van der Waals surface area (Å²) in [6.45, 7) is 0.864. The van der Waals surface area contributed by atoms with Crippen molar-refractivity contribution in [2.24, 2.45) is 5.18 Å². The summed E-state index contributed by atoms with van der Waals surface area (Å²) >= 11 is 6.03. The van der Waals surface area contributed by atoms with Crippen molar-refractivity contribution in [2.75, 3.05) is 0 Å². The lowest BCUT2D eigenvalue weighted by atomic mass is 10.2. The van der Waals surface area contributed by atoms with Gasteiger partial charge in [0.2, 0.25) is 0 Å². The normalized spacial score (nSPS) is 11.1. The summed E-state index contributed by atoms with van der Waals surface area (Å²) in [6.07, 6.45) is 2.10. The van der Waals surface area contributed by atoms with Crippen LogP contribution in [0.25, 0.3) is 21.9 Å². The Balaban J connectivity index is 1.40. The number of carbonyl (C=O) groups excluding carboxylic acids is 1. The van der Waals surface area contributed by atoms with E-state index < -0.39 is 5.91 Å². The van der Waals surface area contributed by atoms with Gasteiger partial charge in [0.1, 0.15) is 18.0 Å². The Labute approximate surface area is 206 Å². The third kappa shape index (κ3) is 5.20. The van der Waals surface area contributed by atoms with Gasteiger partial charge in [0.15, 0.2) is 0 Å². The van der Waals surface area contributed by atoms with Gasteiger partial charge in [0.05, 0.1) is 17.4 Å². The van der Waals surface area contributed by atoms with Gasteiger partial charge in [-0.15, -0.1) is 4.91 Å². The van der Waals surface area contributed by atoms with Crippen LogP contribution in [0, 0.1) is 4.91 Å². The minimum absolute atomic E-state index is 0.0391. The van der Waals surface area contributed by atoms with Crippen LogP contribution in [0.1, 0.15) is 23.4 Å². The quantitative estimate of drug-likeness (QED) is 0.249. The van der Waals surface area contributed by atoms with Crippen molar-refractivity contribution in [3.63, 3.8) is 0 Å². The molecular weight excluding hydrogens is 464 g/mol. The third-order valence-electron chi connectivity index (χ3n) is 5.79. The van der Waals surface area contributed by atoms with Crippen molar-refractivity contribution < 1.29 is 9.53 Å². The molecule has 0 aliphatic heterocycles. The second kappa shape index (κ2) is 10.0. The van der Waals surface area contributed by atoms with E-state index in [-0.39, 0.29) is 6.42 Å². The first-order valence-electron chi connectivity index (χ1n) is 11.2. The Kier molecular flexibility index (Phi) is 6.50. The van der Waals surface area contributed by atoms with Gasteiger partial charge in [-0.1, -0.05) is 48.0 Å². The van der Waals surface area contributed by atoms with E-state index in [1.54, 1.807) is 6.20 Å². The zero-order valence-electron chi connectivity index (χ0n) is 18.7. The van der Waals surface area contributed by atoms with Crippen molar-refractivity contribution >= 4 is 39.4 Å². The molecule has 0 bridgehead atoms. The second-order valence-electron chi connectivity index (χ2n) is 8.20. The summed E-state index contributed by atoms with van der Waals surface area (Å²) in [7, 11) is 0. The van der Waals surface area contributed by atoms with Crippen LogP contribution in [0.2, 0.25) is 5.02 Å². The number of rotatable bonds is 8. The van der Waals surface area contributed by atoms with Gasteiger partial charge in [0.25, 0.3) is 5.91 Å². The molecule has 35 heavy (non-hydrogen) atoms. The highest BCUT2D eigenvalue weighted by Gasteiger charge is 2.14. The van der Waals surface area contributed by atoms with Gasteiger partial charge < -0.3 is 9.30 Å². The number of benzene rings is 2. The highest BCUT2D eigenvalue weighted by atomic mass is 35.5. The Hall–Kier alpha value is -4.10. The first-order valence-corrected chi connectivity index (χ1v) is 11.5. The average molecular weight is 485 g/mol. The molecule has 2 aromatic carbocycles. The fourth-order valence-electron chi connectivity index (χ4n) is 4.04. The highest BCUT2D eigenvalue weighted by molar-refractivity contribution is 6.30. The molecule has 0 unspecified atom stereocenters. The molecule has 0 radical (unpaired) electrons. The molecule has 3 aromatic heterocycles. The minimum atomic E-state index is -0.673. The Morgan fingerprint density at radius 3 is 2.66 bits per heavy atom. The Morgan fingerprint density at radius 1 is 1.00 bits per heavy atom. The van der Waals surface area contributed by atoms with E-state index in [4.69, 9.17) is 16.3 Å². The fraction of sp³-hybridized carbons (Fsp3) is 0.148. The predicted octanol–water partition coefficient (Wildman–Crippen LogP) is 6.09. The van der Waals surface area contributed by atoms with E-state index in [1.807, 2.05) is 77.4 Å². The van der Waals surface area contributed by atoms with Gasteiger partial charge in [-0.05, 0) is 48.4 Å². The highest BCUT2D eigenvalue weighted by Crippen LogP contribution is 2.26. The second-order valence-corrected chi connectivity index (χ2v) is 8.64. The molecule has 3 heterocycles. The number of nitrogens with zero attached hydrogens (tertiary/aromatic N) is 4. The summed E-state index contributed by atoms with van der Waals surface area (Å²) in [5.41, 5.74) is 4.43. The summed E-state index contributed by atoms with van der Waals surface area (Å²) in [4.78, 5) is 31.4. The number of hydrogen-bond acceptors (Lipinski definition) is 5. The molecule has 5 aromatic rings. The maximum absolute atomic E-state index is 11.5. The van der Waals surface area contributed by atoms with Crippen LogP contribution in [0.15, 0.2) is 84.2 Å². The van der Waals surface area contributed by atoms with E-state index in [2.05, 4.69) is 15.1 Å². The number of pyridine rings is 2. The molecule has 7 nitrogen and oxygen atoms in total. The van der Waals surface area contributed by atoms with Crippen molar-refractivity contribution in [1.82, 2.24) is 14.5 Å². The molecule has 174 valence electrons. The number of amides is 1. The van der Waals surface area contributed by atoms with E-state index in [0.29, 0.717) is 30.3 Å². The first-order chi connectivity index (χ1) is 17.1. The summed E-state index contributed by atoms with van der Waals surface area (Å²) in [5.74, 6) is -0.0542.